The predicted molar refractivity (Wildman–Crippen MR) is 99.9 cm³/mol. The third kappa shape index (κ3) is 2.32. The SMILES string of the molecule is O=C(c1csc2ccccc12)N1CCC2(CC1)OCc1ccccc12. The van der Waals surface area contributed by atoms with Crippen LogP contribution in [0.3, 0.4) is 0 Å². The van der Waals surface area contributed by atoms with E-state index in [2.05, 4.69) is 30.3 Å². The Morgan fingerprint density at radius 2 is 1.80 bits per heavy atom. The number of amides is 1. The van der Waals surface area contributed by atoms with E-state index in [0.29, 0.717) is 6.61 Å². The maximum absolute atomic E-state index is 13.0. The predicted octanol–water partition coefficient (Wildman–Crippen LogP) is 4.56. The third-order valence-corrected chi connectivity index (χ3v) is 6.55. The molecule has 2 aliphatic heterocycles. The summed E-state index contributed by atoms with van der Waals surface area (Å²) in [6.45, 7) is 2.19. The van der Waals surface area contributed by atoms with E-state index < -0.39 is 0 Å². The fourth-order valence-electron chi connectivity index (χ4n) is 4.18. The Morgan fingerprint density at radius 3 is 2.68 bits per heavy atom. The van der Waals surface area contributed by atoms with E-state index in [4.69, 9.17) is 4.74 Å². The van der Waals surface area contributed by atoms with Crippen molar-refractivity contribution in [3.63, 3.8) is 0 Å². The molecule has 0 atom stereocenters. The van der Waals surface area contributed by atoms with Crippen LogP contribution in [0.1, 0.15) is 34.3 Å². The lowest BCUT2D eigenvalue weighted by atomic mass is 9.83. The molecule has 25 heavy (non-hydrogen) atoms. The summed E-state index contributed by atoms with van der Waals surface area (Å²) in [5.74, 6) is 0.151. The molecule has 126 valence electrons. The van der Waals surface area contributed by atoms with Gasteiger partial charge in [-0.3, -0.25) is 4.79 Å². The first kappa shape index (κ1) is 15.1. The Morgan fingerprint density at radius 1 is 1.04 bits per heavy atom. The van der Waals surface area contributed by atoms with Crippen LogP contribution in [0, 0.1) is 0 Å². The highest BCUT2D eigenvalue weighted by Gasteiger charge is 2.43. The lowest BCUT2D eigenvalue weighted by Gasteiger charge is -2.39. The van der Waals surface area contributed by atoms with Crippen LogP contribution >= 0.6 is 11.3 Å². The van der Waals surface area contributed by atoms with Crippen LogP contribution in [0.4, 0.5) is 0 Å². The standard InChI is InChI=1S/C21H19NO2S/c23-20(17-14-25-19-8-4-2-6-16(17)19)22-11-9-21(10-12-22)18-7-3-1-5-15(18)13-24-21/h1-8,14H,9-13H2. The molecule has 0 bridgehead atoms. The summed E-state index contributed by atoms with van der Waals surface area (Å²) in [7, 11) is 0. The van der Waals surface area contributed by atoms with Crippen molar-refractivity contribution >= 4 is 27.3 Å². The fraction of sp³-hybridized carbons (Fsp3) is 0.286. The number of likely N-dealkylation sites (tertiary alicyclic amines) is 1. The molecule has 0 N–H and O–H groups in total. The minimum absolute atomic E-state index is 0.151. The topological polar surface area (TPSA) is 29.5 Å². The molecule has 4 heteroatoms. The second-order valence-electron chi connectivity index (χ2n) is 6.88. The fourth-order valence-corrected chi connectivity index (χ4v) is 5.12. The van der Waals surface area contributed by atoms with Crippen molar-refractivity contribution in [2.24, 2.45) is 0 Å². The Kier molecular flexibility index (Phi) is 3.43. The Labute approximate surface area is 150 Å². The lowest BCUT2D eigenvalue weighted by Crippen LogP contribution is -2.45. The molecule has 0 radical (unpaired) electrons. The van der Waals surface area contributed by atoms with Crippen molar-refractivity contribution in [3.05, 3.63) is 70.6 Å². The van der Waals surface area contributed by atoms with Gasteiger partial charge in [0, 0.05) is 28.6 Å². The van der Waals surface area contributed by atoms with Crippen molar-refractivity contribution in [2.75, 3.05) is 13.1 Å². The first-order chi connectivity index (χ1) is 12.3. The molecule has 5 rings (SSSR count). The quantitative estimate of drug-likeness (QED) is 0.644. The summed E-state index contributed by atoms with van der Waals surface area (Å²) in [5.41, 5.74) is 3.27. The van der Waals surface area contributed by atoms with Crippen LogP contribution < -0.4 is 0 Å². The summed E-state index contributed by atoms with van der Waals surface area (Å²) >= 11 is 1.64. The highest BCUT2D eigenvalue weighted by atomic mass is 32.1. The number of carbonyl (C=O) groups excluding carboxylic acids is 1. The van der Waals surface area contributed by atoms with Gasteiger partial charge in [-0.05, 0) is 30.0 Å². The zero-order valence-electron chi connectivity index (χ0n) is 13.9. The van der Waals surface area contributed by atoms with E-state index in [9.17, 15) is 4.79 Å². The number of hydrogen-bond donors (Lipinski definition) is 0. The second-order valence-corrected chi connectivity index (χ2v) is 7.79. The molecule has 1 aromatic heterocycles. The maximum atomic E-state index is 13.0. The molecular weight excluding hydrogens is 330 g/mol. The smallest absolute Gasteiger partial charge is 0.255 e. The molecular formula is C21H19NO2S. The zero-order chi connectivity index (χ0) is 16.9. The summed E-state index contributed by atoms with van der Waals surface area (Å²) in [4.78, 5) is 15.0. The molecule has 1 spiro atoms. The highest BCUT2D eigenvalue weighted by molar-refractivity contribution is 7.17. The minimum atomic E-state index is -0.190. The third-order valence-electron chi connectivity index (χ3n) is 5.58. The number of benzene rings is 2. The van der Waals surface area contributed by atoms with E-state index in [1.807, 2.05) is 28.5 Å². The summed E-state index contributed by atoms with van der Waals surface area (Å²) < 4.78 is 7.38. The number of rotatable bonds is 1. The molecule has 3 aromatic rings. The summed E-state index contributed by atoms with van der Waals surface area (Å²) in [6, 6.07) is 16.6. The van der Waals surface area contributed by atoms with Gasteiger partial charge in [-0.25, -0.2) is 0 Å². The average molecular weight is 349 g/mol. The van der Waals surface area contributed by atoms with E-state index in [1.165, 1.54) is 15.8 Å². The molecule has 1 fully saturated rings. The van der Waals surface area contributed by atoms with Gasteiger partial charge < -0.3 is 9.64 Å². The van der Waals surface area contributed by atoms with E-state index in [0.717, 1.165) is 36.9 Å². The van der Waals surface area contributed by atoms with Gasteiger partial charge in [0.05, 0.1) is 17.8 Å². The molecule has 0 aliphatic carbocycles. The monoisotopic (exact) mass is 349 g/mol. The molecule has 1 amide bonds. The number of hydrogen-bond acceptors (Lipinski definition) is 3. The largest absolute Gasteiger partial charge is 0.365 e. The zero-order valence-corrected chi connectivity index (χ0v) is 14.7. The minimum Gasteiger partial charge on any atom is -0.365 e. The number of piperidine rings is 1. The van der Waals surface area contributed by atoms with Crippen LogP contribution in [0.2, 0.25) is 0 Å². The second kappa shape index (κ2) is 5.68. The molecule has 3 heterocycles. The van der Waals surface area contributed by atoms with Crippen LogP contribution in [-0.2, 0) is 16.9 Å². The Hall–Kier alpha value is -2.17. The van der Waals surface area contributed by atoms with Gasteiger partial charge in [0.25, 0.3) is 5.91 Å². The van der Waals surface area contributed by atoms with Crippen LogP contribution in [-0.4, -0.2) is 23.9 Å². The van der Waals surface area contributed by atoms with E-state index in [1.54, 1.807) is 11.3 Å². The number of fused-ring (bicyclic) bond motifs is 3. The summed E-state index contributed by atoms with van der Waals surface area (Å²) in [6.07, 6.45) is 1.75. The van der Waals surface area contributed by atoms with Crippen LogP contribution in [0.15, 0.2) is 53.9 Å². The number of carbonyl (C=O) groups is 1. The van der Waals surface area contributed by atoms with E-state index in [-0.39, 0.29) is 11.5 Å². The molecule has 1 saturated heterocycles. The van der Waals surface area contributed by atoms with Crippen molar-refractivity contribution in [2.45, 2.75) is 25.0 Å². The normalized spacial score (nSPS) is 18.6. The van der Waals surface area contributed by atoms with Gasteiger partial charge in [0.2, 0.25) is 0 Å². The van der Waals surface area contributed by atoms with Crippen molar-refractivity contribution in [1.82, 2.24) is 4.90 Å². The molecule has 2 aliphatic rings. The van der Waals surface area contributed by atoms with Gasteiger partial charge in [0.1, 0.15) is 0 Å². The van der Waals surface area contributed by atoms with Gasteiger partial charge in [-0.15, -0.1) is 11.3 Å². The first-order valence-electron chi connectivity index (χ1n) is 8.75. The van der Waals surface area contributed by atoms with Crippen LogP contribution in [0.5, 0.6) is 0 Å². The molecule has 0 saturated carbocycles. The molecule has 0 unspecified atom stereocenters. The van der Waals surface area contributed by atoms with Gasteiger partial charge in [-0.1, -0.05) is 42.5 Å². The maximum Gasteiger partial charge on any atom is 0.255 e. The lowest BCUT2D eigenvalue weighted by molar-refractivity contribution is -0.0741. The van der Waals surface area contributed by atoms with Crippen molar-refractivity contribution < 1.29 is 9.53 Å². The molecule has 3 nitrogen and oxygen atoms in total. The number of nitrogens with zero attached hydrogens (tertiary/aromatic N) is 1. The average Bonchev–Trinajstić information content (AvgIpc) is 3.25. The number of ether oxygens (including phenoxy) is 1. The van der Waals surface area contributed by atoms with Gasteiger partial charge in [-0.2, -0.15) is 0 Å². The Bertz CT molecular complexity index is 953. The molecule has 2 aromatic carbocycles. The van der Waals surface area contributed by atoms with Crippen molar-refractivity contribution in [1.29, 1.82) is 0 Å². The number of thiophene rings is 1. The van der Waals surface area contributed by atoms with Gasteiger partial charge >= 0.3 is 0 Å². The Balaban J connectivity index is 1.38. The summed E-state index contributed by atoms with van der Waals surface area (Å²) in [5, 5.41) is 3.07. The van der Waals surface area contributed by atoms with Crippen LogP contribution in [0.25, 0.3) is 10.1 Å². The highest BCUT2D eigenvalue weighted by Crippen LogP contribution is 2.44. The van der Waals surface area contributed by atoms with E-state index >= 15 is 0 Å². The first-order valence-corrected chi connectivity index (χ1v) is 9.63. The van der Waals surface area contributed by atoms with Gasteiger partial charge in [0.15, 0.2) is 0 Å². The van der Waals surface area contributed by atoms with Crippen molar-refractivity contribution in [3.8, 4) is 0 Å².